The molecule has 3 aromatic carbocycles. The van der Waals surface area contributed by atoms with Crippen molar-refractivity contribution in [3.8, 4) is 0 Å². The van der Waals surface area contributed by atoms with Crippen LogP contribution in [-0.2, 0) is 0 Å². The summed E-state index contributed by atoms with van der Waals surface area (Å²) in [7, 11) is 0. The molecular formula is C22H16ClNO2. The summed E-state index contributed by atoms with van der Waals surface area (Å²) in [5.41, 5.74) is 2.05. The smallest absolute Gasteiger partial charge is 0.255 e. The summed E-state index contributed by atoms with van der Waals surface area (Å²) in [6, 6.07) is 24.8. The van der Waals surface area contributed by atoms with Crippen LogP contribution in [-0.4, -0.2) is 22.6 Å². The number of nitrogens with zero attached hydrogens (tertiary/aromatic N) is 1. The van der Waals surface area contributed by atoms with E-state index in [1.807, 2.05) is 48.5 Å². The number of ketones is 1. The Bertz CT molecular complexity index is 956. The molecule has 3 nitrogen and oxygen atoms in total. The van der Waals surface area contributed by atoms with Gasteiger partial charge in [-0.2, -0.15) is 0 Å². The maximum absolute atomic E-state index is 13.0. The van der Waals surface area contributed by atoms with Crippen LogP contribution in [0, 0.1) is 0 Å². The lowest BCUT2D eigenvalue weighted by atomic mass is 10.0. The van der Waals surface area contributed by atoms with Crippen LogP contribution in [0.15, 0.2) is 84.9 Å². The number of Topliss-reactive ketones (excluding diaryl/α,β-unsaturated/α-hetero) is 1. The lowest BCUT2D eigenvalue weighted by Crippen LogP contribution is -2.19. The summed E-state index contributed by atoms with van der Waals surface area (Å²) in [6.07, 6.45) is 0. The summed E-state index contributed by atoms with van der Waals surface area (Å²) in [5, 5.41) is 0.500. The molecule has 26 heavy (non-hydrogen) atoms. The average molecular weight is 362 g/mol. The van der Waals surface area contributed by atoms with Crippen molar-refractivity contribution in [2.45, 2.75) is 12.1 Å². The summed E-state index contributed by atoms with van der Waals surface area (Å²) in [6.45, 7) is 0. The van der Waals surface area contributed by atoms with Crippen molar-refractivity contribution in [1.82, 2.24) is 4.90 Å². The van der Waals surface area contributed by atoms with Crippen molar-refractivity contribution in [2.75, 3.05) is 0 Å². The number of amides is 1. The Morgan fingerprint density at radius 1 is 0.769 bits per heavy atom. The molecule has 4 rings (SSSR count). The largest absolute Gasteiger partial charge is 0.316 e. The van der Waals surface area contributed by atoms with E-state index >= 15 is 0 Å². The first-order chi connectivity index (χ1) is 12.7. The minimum atomic E-state index is -0.494. The van der Waals surface area contributed by atoms with Crippen LogP contribution < -0.4 is 0 Å². The molecule has 1 saturated heterocycles. The number of carbonyl (C=O) groups is 2. The Morgan fingerprint density at radius 3 is 2.04 bits per heavy atom. The van der Waals surface area contributed by atoms with E-state index in [9.17, 15) is 9.59 Å². The van der Waals surface area contributed by atoms with Crippen molar-refractivity contribution < 1.29 is 9.59 Å². The fraction of sp³-hybridized carbons (Fsp3) is 0.0909. The molecule has 1 heterocycles. The molecule has 4 heteroatoms. The topological polar surface area (TPSA) is 37.1 Å². The number of hydrogen-bond acceptors (Lipinski definition) is 2. The minimum Gasteiger partial charge on any atom is -0.316 e. The van der Waals surface area contributed by atoms with Crippen LogP contribution in [0.1, 0.15) is 32.3 Å². The molecule has 1 fully saturated rings. The molecule has 2 atom stereocenters. The van der Waals surface area contributed by atoms with E-state index in [2.05, 4.69) is 0 Å². The normalized spacial score (nSPS) is 18.4. The monoisotopic (exact) mass is 361 g/mol. The highest BCUT2D eigenvalue weighted by Gasteiger charge is 2.56. The van der Waals surface area contributed by atoms with Gasteiger partial charge in [-0.25, -0.2) is 0 Å². The second kappa shape index (κ2) is 6.77. The van der Waals surface area contributed by atoms with Crippen LogP contribution in [0.4, 0.5) is 0 Å². The van der Waals surface area contributed by atoms with E-state index in [4.69, 9.17) is 11.6 Å². The van der Waals surface area contributed by atoms with Crippen LogP contribution in [0.25, 0.3) is 0 Å². The highest BCUT2D eigenvalue weighted by molar-refractivity contribution is 6.31. The quantitative estimate of drug-likeness (QED) is 0.495. The number of halogens is 1. The molecule has 2 unspecified atom stereocenters. The molecule has 1 aliphatic heterocycles. The zero-order chi connectivity index (χ0) is 18.1. The van der Waals surface area contributed by atoms with E-state index in [0.717, 1.165) is 5.56 Å². The van der Waals surface area contributed by atoms with Crippen LogP contribution in [0.5, 0.6) is 0 Å². The van der Waals surface area contributed by atoms with Crippen molar-refractivity contribution in [3.05, 3.63) is 107 Å². The van der Waals surface area contributed by atoms with Gasteiger partial charge in [-0.15, -0.1) is 0 Å². The first kappa shape index (κ1) is 16.6. The molecule has 0 bridgehead atoms. The van der Waals surface area contributed by atoms with Gasteiger partial charge in [-0.1, -0.05) is 78.3 Å². The second-order valence-corrected chi connectivity index (χ2v) is 6.69. The minimum absolute atomic E-state index is 0.0465. The van der Waals surface area contributed by atoms with Gasteiger partial charge in [-0.05, 0) is 23.8 Å². The second-order valence-electron chi connectivity index (χ2n) is 6.25. The Hall–Kier alpha value is -2.91. The summed E-state index contributed by atoms with van der Waals surface area (Å²) < 4.78 is 0. The number of carbonyl (C=O) groups excluding carboxylic acids is 2. The number of rotatable bonds is 4. The number of hydrogen-bond donors (Lipinski definition) is 0. The van der Waals surface area contributed by atoms with Gasteiger partial charge < -0.3 is 4.90 Å². The maximum Gasteiger partial charge on any atom is 0.255 e. The van der Waals surface area contributed by atoms with E-state index < -0.39 is 6.04 Å². The zero-order valence-electron chi connectivity index (χ0n) is 13.9. The van der Waals surface area contributed by atoms with E-state index in [-0.39, 0.29) is 17.7 Å². The van der Waals surface area contributed by atoms with Gasteiger partial charge in [0.2, 0.25) is 0 Å². The number of benzene rings is 3. The Labute approximate surface area is 156 Å². The van der Waals surface area contributed by atoms with E-state index in [1.165, 1.54) is 0 Å². The highest BCUT2D eigenvalue weighted by Crippen LogP contribution is 2.46. The molecule has 1 amide bonds. The predicted octanol–water partition coefficient (Wildman–Crippen LogP) is 4.79. The molecule has 0 aromatic heterocycles. The molecule has 0 radical (unpaired) electrons. The first-order valence-electron chi connectivity index (χ1n) is 8.39. The average Bonchev–Trinajstić information content (AvgIpc) is 3.44. The third kappa shape index (κ3) is 3.02. The van der Waals surface area contributed by atoms with Crippen molar-refractivity contribution >= 4 is 23.3 Å². The molecule has 0 saturated carbocycles. The zero-order valence-corrected chi connectivity index (χ0v) is 14.6. The van der Waals surface area contributed by atoms with Crippen molar-refractivity contribution in [1.29, 1.82) is 0 Å². The molecule has 0 aliphatic carbocycles. The fourth-order valence-electron chi connectivity index (χ4n) is 3.29. The Morgan fingerprint density at radius 2 is 1.38 bits per heavy atom. The first-order valence-corrected chi connectivity index (χ1v) is 8.77. The van der Waals surface area contributed by atoms with Gasteiger partial charge >= 0.3 is 0 Å². The predicted molar refractivity (Wildman–Crippen MR) is 101 cm³/mol. The molecule has 0 spiro atoms. The maximum atomic E-state index is 13.0. The highest BCUT2D eigenvalue weighted by atomic mass is 35.5. The molecular weight excluding hydrogens is 346 g/mol. The summed E-state index contributed by atoms with van der Waals surface area (Å²) in [5.74, 6) is -0.231. The standard InChI is InChI=1S/C22H16ClNO2/c23-18-13-7-12-17(14-18)22(26)24-19(15-8-3-1-4-9-15)20(24)21(25)16-10-5-2-6-11-16/h1-14,19-20H. The van der Waals surface area contributed by atoms with E-state index in [0.29, 0.717) is 16.1 Å². The van der Waals surface area contributed by atoms with Gasteiger partial charge in [0.25, 0.3) is 5.91 Å². The molecule has 3 aromatic rings. The summed E-state index contributed by atoms with van der Waals surface area (Å²) in [4.78, 5) is 27.6. The lowest BCUT2D eigenvalue weighted by molar-refractivity contribution is 0.0833. The lowest BCUT2D eigenvalue weighted by Gasteiger charge is -2.05. The Kier molecular flexibility index (Phi) is 4.31. The fourth-order valence-corrected chi connectivity index (χ4v) is 3.48. The van der Waals surface area contributed by atoms with Crippen molar-refractivity contribution in [2.24, 2.45) is 0 Å². The van der Waals surface area contributed by atoms with Crippen LogP contribution >= 0.6 is 11.6 Å². The third-order valence-electron chi connectivity index (χ3n) is 4.58. The van der Waals surface area contributed by atoms with Gasteiger partial charge in [0.1, 0.15) is 6.04 Å². The van der Waals surface area contributed by atoms with Crippen molar-refractivity contribution in [3.63, 3.8) is 0 Å². The SMILES string of the molecule is O=C(c1ccccc1)C1C(c2ccccc2)N1C(=O)c1cccc(Cl)c1. The van der Waals surface area contributed by atoms with Gasteiger partial charge in [0, 0.05) is 16.1 Å². The molecule has 1 aliphatic rings. The van der Waals surface area contributed by atoms with Gasteiger partial charge in [0.15, 0.2) is 5.78 Å². The van der Waals surface area contributed by atoms with Crippen LogP contribution in [0.2, 0.25) is 5.02 Å². The van der Waals surface area contributed by atoms with Gasteiger partial charge in [-0.3, -0.25) is 9.59 Å². The van der Waals surface area contributed by atoms with Gasteiger partial charge in [0.05, 0.1) is 6.04 Å². The van der Waals surface area contributed by atoms with E-state index in [1.54, 1.807) is 41.3 Å². The summed E-state index contributed by atoms with van der Waals surface area (Å²) >= 11 is 6.02. The molecule has 0 N–H and O–H groups in total. The third-order valence-corrected chi connectivity index (χ3v) is 4.82. The molecule has 128 valence electrons. The Balaban J connectivity index is 1.69. The van der Waals surface area contributed by atoms with Crippen LogP contribution in [0.3, 0.4) is 0 Å².